The van der Waals surface area contributed by atoms with Gasteiger partial charge in [-0.05, 0) is 25.0 Å². The van der Waals surface area contributed by atoms with Crippen molar-refractivity contribution in [1.82, 2.24) is 15.5 Å². The molecule has 2 fully saturated rings. The highest BCUT2D eigenvalue weighted by atomic mass is 16.5. The van der Waals surface area contributed by atoms with Gasteiger partial charge in [-0.3, -0.25) is 14.5 Å². The lowest BCUT2D eigenvalue weighted by Gasteiger charge is -2.23. The lowest BCUT2D eigenvalue weighted by Crippen LogP contribution is -2.44. The van der Waals surface area contributed by atoms with Crippen LogP contribution in [0.2, 0.25) is 0 Å². The summed E-state index contributed by atoms with van der Waals surface area (Å²) in [6.07, 6.45) is 6.16. The second-order valence-corrected chi connectivity index (χ2v) is 8.52. The number of carbonyl (C=O) groups is 2. The number of aryl methyl sites for hydroxylation is 1. The molecule has 3 aliphatic rings. The van der Waals surface area contributed by atoms with Crippen LogP contribution in [0.15, 0.2) is 53.2 Å². The van der Waals surface area contributed by atoms with Gasteiger partial charge in [0.05, 0.1) is 24.5 Å². The number of nitrogens with zero attached hydrogens (tertiary/aromatic N) is 2. The van der Waals surface area contributed by atoms with E-state index in [2.05, 4.69) is 21.5 Å². The molecule has 8 heteroatoms. The number of rotatable bonds is 5. The second kappa shape index (κ2) is 6.55. The number of anilines is 1. The predicted octanol–water partition coefficient (Wildman–Crippen LogP) is 2.11. The van der Waals surface area contributed by atoms with E-state index < -0.39 is 17.4 Å². The Morgan fingerprint density at radius 3 is 3.10 bits per heavy atom. The van der Waals surface area contributed by atoms with Crippen LogP contribution in [0.4, 0.5) is 5.82 Å². The molecule has 1 unspecified atom stereocenters. The number of para-hydroxylation sites is 1. The van der Waals surface area contributed by atoms with Gasteiger partial charge in [0.2, 0.25) is 11.8 Å². The number of aromatic amines is 1. The molecule has 1 spiro atoms. The maximum absolute atomic E-state index is 13.2. The number of nitrogens with one attached hydrogen (secondary N) is 2. The summed E-state index contributed by atoms with van der Waals surface area (Å²) >= 11 is 0. The SMILES string of the molecule is Cc1cc(N2C[C@]34C=C[C@H](O3)[C@H](C(=O)NCCc3c[nH]c5ccccc35)C4C2=O)no1. The zero-order valence-corrected chi connectivity index (χ0v) is 17.0. The Morgan fingerprint density at radius 1 is 1.39 bits per heavy atom. The van der Waals surface area contributed by atoms with Crippen LogP contribution in [0.25, 0.3) is 10.9 Å². The molecule has 0 radical (unpaired) electrons. The summed E-state index contributed by atoms with van der Waals surface area (Å²) < 4.78 is 11.3. The summed E-state index contributed by atoms with van der Waals surface area (Å²) in [5, 5.41) is 8.16. The quantitative estimate of drug-likeness (QED) is 0.618. The maximum Gasteiger partial charge on any atom is 0.235 e. The van der Waals surface area contributed by atoms with Gasteiger partial charge in [0.1, 0.15) is 11.4 Å². The summed E-state index contributed by atoms with van der Waals surface area (Å²) in [6, 6.07) is 9.82. The normalized spacial score (nSPS) is 28.6. The highest BCUT2D eigenvalue weighted by Crippen LogP contribution is 2.52. The number of carbonyl (C=O) groups excluding carboxylic acids is 2. The van der Waals surface area contributed by atoms with Crippen molar-refractivity contribution in [3.8, 4) is 0 Å². The third-order valence-electron chi connectivity index (χ3n) is 6.66. The van der Waals surface area contributed by atoms with E-state index in [1.807, 2.05) is 36.5 Å². The van der Waals surface area contributed by atoms with Crippen molar-refractivity contribution < 1.29 is 18.8 Å². The molecule has 2 bridgehead atoms. The highest BCUT2D eigenvalue weighted by molar-refractivity contribution is 6.02. The molecule has 4 atom stereocenters. The molecule has 5 heterocycles. The standard InChI is InChI=1S/C23H22N4O4/c1-13-10-18(26-31-13)27-12-23-8-6-17(30-23)19(20(23)22(27)29)21(28)24-9-7-14-11-25-16-5-3-2-4-15(14)16/h2-6,8,10-11,17,19-20,25H,7,9,12H2,1H3,(H,24,28)/t17-,19-,20?,23-/m0/s1. The molecular weight excluding hydrogens is 396 g/mol. The Morgan fingerprint density at radius 2 is 2.26 bits per heavy atom. The van der Waals surface area contributed by atoms with Crippen molar-refractivity contribution in [3.05, 3.63) is 60.0 Å². The summed E-state index contributed by atoms with van der Waals surface area (Å²) in [6.45, 7) is 2.62. The molecule has 31 heavy (non-hydrogen) atoms. The van der Waals surface area contributed by atoms with Crippen LogP contribution in [0.1, 0.15) is 11.3 Å². The molecule has 3 aliphatic heterocycles. The Bertz CT molecular complexity index is 1230. The van der Waals surface area contributed by atoms with Crippen molar-refractivity contribution in [2.24, 2.45) is 11.8 Å². The molecule has 0 saturated carbocycles. The molecule has 158 valence electrons. The van der Waals surface area contributed by atoms with Gasteiger partial charge in [-0.2, -0.15) is 0 Å². The summed E-state index contributed by atoms with van der Waals surface area (Å²) in [5.74, 6) is -0.287. The first kappa shape index (κ1) is 18.4. The third kappa shape index (κ3) is 2.68. The smallest absolute Gasteiger partial charge is 0.235 e. The van der Waals surface area contributed by atoms with E-state index in [1.54, 1.807) is 17.9 Å². The Labute approximate surface area is 178 Å². The molecule has 6 rings (SSSR count). The summed E-state index contributed by atoms with van der Waals surface area (Å²) in [5.41, 5.74) is 1.46. The zero-order valence-electron chi connectivity index (χ0n) is 17.0. The van der Waals surface area contributed by atoms with Gasteiger partial charge < -0.3 is 19.6 Å². The van der Waals surface area contributed by atoms with Crippen LogP contribution in [-0.2, 0) is 20.7 Å². The fraction of sp³-hybridized carbons (Fsp3) is 0.348. The van der Waals surface area contributed by atoms with Crippen molar-refractivity contribution in [2.75, 3.05) is 18.0 Å². The van der Waals surface area contributed by atoms with Gasteiger partial charge in [0.25, 0.3) is 0 Å². The second-order valence-electron chi connectivity index (χ2n) is 8.52. The van der Waals surface area contributed by atoms with Gasteiger partial charge in [0.15, 0.2) is 5.82 Å². The lowest BCUT2D eigenvalue weighted by atomic mass is 9.77. The molecule has 2 N–H and O–H groups in total. The maximum atomic E-state index is 13.2. The number of fused-ring (bicyclic) bond motifs is 2. The Hall–Kier alpha value is -3.39. The number of hydrogen-bond acceptors (Lipinski definition) is 5. The van der Waals surface area contributed by atoms with Gasteiger partial charge in [-0.1, -0.05) is 35.5 Å². The van der Waals surface area contributed by atoms with Crippen LogP contribution in [0.5, 0.6) is 0 Å². The van der Waals surface area contributed by atoms with Gasteiger partial charge in [-0.15, -0.1) is 0 Å². The van der Waals surface area contributed by atoms with Crippen molar-refractivity contribution in [3.63, 3.8) is 0 Å². The zero-order chi connectivity index (χ0) is 21.2. The molecule has 0 aliphatic carbocycles. The highest BCUT2D eigenvalue weighted by Gasteiger charge is 2.67. The van der Waals surface area contributed by atoms with E-state index in [9.17, 15) is 9.59 Å². The van der Waals surface area contributed by atoms with E-state index in [-0.39, 0.29) is 17.9 Å². The number of hydrogen-bond donors (Lipinski definition) is 2. The van der Waals surface area contributed by atoms with Crippen LogP contribution >= 0.6 is 0 Å². The minimum Gasteiger partial charge on any atom is -0.361 e. The summed E-state index contributed by atoms with van der Waals surface area (Å²) in [7, 11) is 0. The van der Waals surface area contributed by atoms with Crippen molar-refractivity contribution in [1.29, 1.82) is 0 Å². The number of amides is 2. The van der Waals surface area contributed by atoms with Crippen LogP contribution in [-0.4, -0.2) is 46.7 Å². The topological polar surface area (TPSA) is 100 Å². The largest absolute Gasteiger partial charge is 0.361 e. The van der Waals surface area contributed by atoms with Gasteiger partial charge in [0, 0.05) is 29.7 Å². The minimum absolute atomic E-state index is 0.142. The third-order valence-corrected chi connectivity index (χ3v) is 6.66. The van der Waals surface area contributed by atoms with Crippen LogP contribution in [0, 0.1) is 18.8 Å². The number of benzene rings is 1. The Kier molecular flexibility index (Phi) is 3.89. The minimum atomic E-state index is -0.770. The first-order valence-corrected chi connectivity index (χ1v) is 10.5. The molecule has 2 aromatic heterocycles. The fourth-order valence-electron chi connectivity index (χ4n) is 5.25. The lowest BCUT2D eigenvalue weighted by molar-refractivity contribution is -0.131. The summed E-state index contributed by atoms with van der Waals surface area (Å²) in [4.78, 5) is 31.2. The van der Waals surface area contributed by atoms with Gasteiger partial charge >= 0.3 is 0 Å². The fourth-order valence-corrected chi connectivity index (χ4v) is 5.25. The number of H-pyrrole nitrogens is 1. The molecule has 1 aromatic carbocycles. The van der Waals surface area contributed by atoms with E-state index in [1.165, 1.54) is 0 Å². The Balaban J connectivity index is 1.18. The first-order chi connectivity index (χ1) is 15.1. The van der Waals surface area contributed by atoms with E-state index >= 15 is 0 Å². The van der Waals surface area contributed by atoms with Gasteiger partial charge in [-0.25, -0.2) is 0 Å². The monoisotopic (exact) mass is 418 g/mol. The van der Waals surface area contributed by atoms with E-state index in [0.29, 0.717) is 31.1 Å². The van der Waals surface area contributed by atoms with Crippen LogP contribution in [0.3, 0.4) is 0 Å². The molecule has 3 aromatic rings. The first-order valence-electron chi connectivity index (χ1n) is 10.5. The van der Waals surface area contributed by atoms with Crippen molar-refractivity contribution >= 4 is 28.5 Å². The number of aromatic nitrogens is 2. The average Bonchev–Trinajstić information content (AvgIpc) is 3.56. The van der Waals surface area contributed by atoms with Crippen molar-refractivity contribution in [2.45, 2.75) is 25.0 Å². The van der Waals surface area contributed by atoms with E-state index in [4.69, 9.17) is 9.26 Å². The molecular formula is C23H22N4O4. The van der Waals surface area contributed by atoms with Crippen LogP contribution < -0.4 is 10.2 Å². The van der Waals surface area contributed by atoms with E-state index in [0.717, 1.165) is 16.5 Å². The predicted molar refractivity (Wildman–Crippen MR) is 112 cm³/mol. The number of ether oxygens (including phenoxy) is 1. The average molecular weight is 418 g/mol. The molecule has 8 nitrogen and oxygen atoms in total. The molecule has 2 amide bonds. The molecule has 2 saturated heterocycles.